The van der Waals surface area contributed by atoms with Crippen molar-refractivity contribution in [2.75, 3.05) is 7.11 Å². The maximum atomic E-state index is 12.1. The van der Waals surface area contributed by atoms with Crippen molar-refractivity contribution in [2.24, 2.45) is 0 Å². The van der Waals surface area contributed by atoms with Gasteiger partial charge >= 0.3 is 12.1 Å². The summed E-state index contributed by atoms with van der Waals surface area (Å²) in [4.78, 5) is 36.0. The number of esters is 1. The fourth-order valence-electron chi connectivity index (χ4n) is 4.22. The maximum absolute atomic E-state index is 12.1. The summed E-state index contributed by atoms with van der Waals surface area (Å²) >= 11 is 0. The molecule has 1 heterocycles. The molecule has 42 heavy (non-hydrogen) atoms. The fourth-order valence-corrected chi connectivity index (χ4v) is 4.22. The molecule has 4 aromatic rings. The van der Waals surface area contributed by atoms with Gasteiger partial charge in [0, 0.05) is 28.6 Å². The quantitative estimate of drug-likeness (QED) is 0.162. The third kappa shape index (κ3) is 8.70. The topological polar surface area (TPSA) is 104 Å². The van der Waals surface area contributed by atoms with E-state index in [0.29, 0.717) is 23.4 Å². The Morgan fingerprint density at radius 2 is 1.69 bits per heavy atom. The smallest absolute Gasteiger partial charge is 0.407 e. The van der Waals surface area contributed by atoms with Gasteiger partial charge in [0.2, 0.25) is 0 Å². The number of Topliss-reactive ketones (excluding diaryl/α,β-unsaturated/α-hetero) is 1. The Morgan fingerprint density at radius 1 is 0.929 bits per heavy atom. The highest BCUT2D eigenvalue weighted by atomic mass is 16.6. The van der Waals surface area contributed by atoms with Crippen molar-refractivity contribution in [2.45, 2.75) is 66.7 Å². The molecule has 0 fully saturated rings. The van der Waals surface area contributed by atoms with Gasteiger partial charge in [0.05, 0.1) is 19.8 Å². The number of benzene rings is 3. The van der Waals surface area contributed by atoms with E-state index in [2.05, 4.69) is 5.32 Å². The number of amides is 1. The lowest BCUT2D eigenvalue weighted by Crippen LogP contribution is -2.32. The second-order valence-corrected chi connectivity index (χ2v) is 10.5. The number of carbonyl (C=O) groups is 3. The number of ether oxygens (including phenoxy) is 3. The van der Waals surface area contributed by atoms with E-state index < -0.39 is 17.7 Å². The Labute approximate surface area is 247 Å². The van der Waals surface area contributed by atoms with Gasteiger partial charge in [0.1, 0.15) is 23.5 Å². The summed E-state index contributed by atoms with van der Waals surface area (Å²) in [6, 6.07) is 18.7. The van der Waals surface area contributed by atoms with E-state index in [4.69, 9.17) is 18.6 Å². The number of hydrogen-bond acceptors (Lipinski definition) is 7. The molecule has 0 atom stereocenters. The van der Waals surface area contributed by atoms with Crippen LogP contribution in [-0.4, -0.2) is 30.6 Å². The zero-order valence-corrected chi connectivity index (χ0v) is 25.3. The monoisotopic (exact) mass is 573 g/mol. The largest absolute Gasteiger partial charge is 0.489 e. The van der Waals surface area contributed by atoms with E-state index in [0.717, 1.165) is 33.2 Å². The molecule has 8 nitrogen and oxygen atoms in total. The van der Waals surface area contributed by atoms with E-state index in [1.54, 1.807) is 24.5 Å². The van der Waals surface area contributed by atoms with E-state index >= 15 is 0 Å². The molecule has 0 aliphatic carbocycles. The third-order valence-corrected chi connectivity index (χ3v) is 6.12. The number of hydrogen-bond donors (Lipinski definition) is 1. The van der Waals surface area contributed by atoms with Crippen LogP contribution >= 0.6 is 0 Å². The third-order valence-electron chi connectivity index (χ3n) is 6.12. The molecule has 222 valence electrons. The highest BCUT2D eigenvalue weighted by molar-refractivity contribution is 5.95. The Bertz CT molecular complexity index is 1550. The molecule has 0 radical (unpaired) electrons. The van der Waals surface area contributed by atoms with Crippen molar-refractivity contribution in [1.82, 2.24) is 5.32 Å². The molecule has 3 aromatic carbocycles. The Morgan fingerprint density at radius 3 is 2.38 bits per heavy atom. The van der Waals surface area contributed by atoms with Crippen molar-refractivity contribution >= 4 is 28.8 Å². The van der Waals surface area contributed by atoms with E-state index in [1.807, 2.05) is 77.1 Å². The molecule has 0 spiro atoms. The van der Waals surface area contributed by atoms with E-state index in [1.165, 1.54) is 14.0 Å². The summed E-state index contributed by atoms with van der Waals surface area (Å²) in [5.74, 6) is -0.0525. The second-order valence-electron chi connectivity index (χ2n) is 10.5. The first-order valence-corrected chi connectivity index (χ1v) is 13.9. The van der Waals surface area contributed by atoms with E-state index in [9.17, 15) is 14.4 Å². The van der Waals surface area contributed by atoms with Crippen LogP contribution in [0.25, 0.3) is 22.1 Å². The molecular weight excluding hydrogens is 534 g/mol. The average Bonchev–Trinajstić information content (AvgIpc) is 3.44. The van der Waals surface area contributed by atoms with Gasteiger partial charge in [-0.1, -0.05) is 44.2 Å². The van der Waals surface area contributed by atoms with Crippen LogP contribution in [0.4, 0.5) is 4.79 Å². The van der Waals surface area contributed by atoms with Crippen LogP contribution in [0, 0.1) is 0 Å². The zero-order valence-electron chi connectivity index (χ0n) is 25.3. The lowest BCUT2D eigenvalue weighted by Gasteiger charge is -2.19. The lowest BCUT2D eigenvalue weighted by molar-refractivity contribution is -0.139. The zero-order chi connectivity index (χ0) is 30.9. The van der Waals surface area contributed by atoms with Gasteiger partial charge in [-0.15, -0.1) is 0 Å². The number of furan rings is 1. The van der Waals surface area contributed by atoms with Gasteiger partial charge in [-0.05, 0) is 74.7 Å². The van der Waals surface area contributed by atoms with Gasteiger partial charge < -0.3 is 23.9 Å². The van der Waals surface area contributed by atoms with Gasteiger partial charge in [0.25, 0.3) is 0 Å². The molecule has 8 heteroatoms. The second kappa shape index (κ2) is 14.3. The molecule has 1 amide bonds. The Kier molecular flexibility index (Phi) is 10.9. The number of rotatable bonds is 9. The average molecular weight is 574 g/mol. The van der Waals surface area contributed by atoms with Crippen LogP contribution in [0.2, 0.25) is 0 Å². The summed E-state index contributed by atoms with van der Waals surface area (Å²) in [7, 11) is 1.33. The van der Waals surface area contributed by atoms with Crippen molar-refractivity contribution in [3.05, 3.63) is 89.2 Å². The van der Waals surface area contributed by atoms with Crippen LogP contribution < -0.4 is 10.1 Å². The molecule has 1 N–H and O–H groups in total. The lowest BCUT2D eigenvalue weighted by atomic mass is 9.99. The molecule has 0 aliphatic heterocycles. The van der Waals surface area contributed by atoms with Crippen LogP contribution in [0.3, 0.4) is 0 Å². The van der Waals surface area contributed by atoms with Crippen molar-refractivity contribution in [3.8, 4) is 16.9 Å². The minimum atomic E-state index is -0.577. The molecule has 0 unspecified atom stereocenters. The SMILES string of the molecule is CC.COC(=O)Cc1ccc(C(C)=O)cc1OCc1cc(-c2cccc(CNC(=O)OC(C)(C)C)c2)c2occc2c1. The summed E-state index contributed by atoms with van der Waals surface area (Å²) in [6.45, 7) is 11.4. The first-order valence-electron chi connectivity index (χ1n) is 13.9. The summed E-state index contributed by atoms with van der Waals surface area (Å²) in [6.07, 6.45) is 1.18. The number of methoxy groups -OCH3 is 1. The summed E-state index contributed by atoms with van der Waals surface area (Å²) < 4.78 is 22.1. The highest BCUT2D eigenvalue weighted by Gasteiger charge is 2.17. The van der Waals surface area contributed by atoms with Gasteiger partial charge in [-0.25, -0.2) is 4.79 Å². The molecule has 0 saturated carbocycles. The summed E-state index contributed by atoms with van der Waals surface area (Å²) in [5.41, 5.74) is 4.83. The first-order chi connectivity index (χ1) is 20.0. The predicted octanol–water partition coefficient (Wildman–Crippen LogP) is 7.65. The summed E-state index contributed by atoms with van der Waals surface area (Å²) in [5, 5.41) is 3.69. The standard InChI is InChI=1S/C32H33NO7.C2H6/c1-20(34)23-9-10-25(17-29(35)37-5)28(16-23)39-19-22-14-26-11-12-38-30(26)27(15-22)24-8-6-7-21(13-24)18-33-31(36)40-32(2,3)4;1-2/h6-16H,17-19H2,1-5H3,(H,33,36);1-2H3. The van der Waals surface area contributed by atoms with Crippen LogP contribution in [-0.2, 0) is 33.8 Å². The van der Waals surface area contributed by atoms with Crippen molar-refractivity contribution in [1.29, 1.82) is 0 Å². The van der Waals surface area contributed by atoms with Crippen LogP contribution in [0.5, 0.6) is 5.75 Å². The van der Waals surface area contributed by atoms with Crippen LogP contribution in [0.1, 0.15) is 68.6 Å². The normalized spacial score (nSPS) is 10.8. The fraction of sp³-hybridized carbons (Fsp3) is 0.324. The molecule has 4 rings (SSSR count). The number of carbonyl (C=O) groups excluding carboxylic acids is 3. The van der Waals surface area contributed by atoms with Crippen molar-refractivity contribution < 1.29 is 33.0 Å². The van der Waals surface area contributed by atoms with E-state index in [-0.39, 0.29) is 18.8 Å². The minimum absolute atomic E-state index is 0.0279. The number of ketones is 1. The van der Waals surface area contributed by atoms with Crippen LogP contribution in [0.15, 0.2) is 71.3 Å². The van der Waals surface area contributed by atoms with Gasteiger partial charge in [-0.2, -0.15) is 0 Å². The minimum Gasteiger partial charge on any atom is -0.489 e. The number of alkyl carbamates (subject to hydrolysis) is 1. The molecule has 0 saturated heterocycles. The Balaban J connectivity index is 0.00000237. The predicted molar refractivity (Wildman–Crippen MR) is 163 cm³/mol. The number of nitrogens with one attached hydrogen (secondary N) is 1. The molecule has 0 aliphatic rings. The number of fused-ring (bicyclic) bond motifs is 1. The maximum Gasteiger partial charge on any atom is 0.407 e. The van der Waals surface area contributed by atoms with Crippen molar-refractivity contribution in [3.63, 3.8) is 0 Å². The molecule has 1 aromatic heterocycles. The Hall–Kier alpha value is -4.59. The highest BCUT2D eigenvalue weighted by Crippen LogP contribution is 2.32. The molecule has 0 bridgehead atoms. The van der Waals surface area contributed by atoms with Gasteiger partial charge in [0.15, 0.2) is 5.78 Å². The molecular formula is C34H39NO7. The first kappa shape index (κ1) is 31.9. The van der Waals surface area contributed by atoms with Gasteiger partial charge in [-0.3, -0.25) is 9.59 Å².